The zero-order valence-electron chi connectivity index (χ0n) is 30.3. The van der Waals surface area contributed by atoms with Gasteiger partial charge < -0.3 is 20.3 Å². The summed E-state index contributed by atoms with van der Waals surface area (Å²) in [5, 5.41) is 17.7. The van der Waals surface area contributed by atoms with E-state index in [0.29, 0.717) is 40.8 Å². The molecule has 3 aromatic heterocycles. The minimum Gasteiger partial charge on any atom is -0.497 e. The van der Waals surface area contributed by atoms with Crippen LogP contribution >= 0.6 is 11.3 Å². The van der Waals surface area contributed by atoms with Gasteiger partial charge in [-0.15, -0.1) is 23.0 Å². The van der Waals surface area contributed by atoms with Crippen LogP contribution in [0.25, 0.3) is 22.0 Å². The number of anilines is 1. The van der Waals surface area contributed by atoms with Crippen molar-refractivity contribution in [2.24, 2.45) is 11.3 Å². The number of carbonyl (C=O) groups excluding carboxylic acids is 3. The summed E-state index contributed by atoms with van der Waals surface area (Å²) in [4.78, 5) is 58.7. The van der Waals surface area contributed by atoms with Gasteiger partial charge in [-0.2, -0.15) is 9.90 Å². The standard InChI is InChI=1S/C36H42N10O6S2/c1-6-22-18-36(22,34(49)44-54(50,51)25-11-12-25)41-31(47)26-17-23(20-45(26)33(48)30(35(2,3)4)40-27-19-37-13-14-38-27)46-42-28(21-7-9-24(52-5)10-8-21)29(43-46)32-39-15-16-53-32/h6-10,13-16,19,22-23,25-26,30H,1,11-12,17-18,20H2,2-5H3,(H,38,40)(H,41,47)(H,44,49)/t22-,23-,26+,30-,36+/m1/s1. The average Bonchev–Trinajstić information content (AvgIpc) is 3.92. The van der Waals surface area contributed by atoms with Crippen molar-refractivity contribution in [3.8, 4) is 27.7 Å². The summed E-state index contributed by atoms with van der Waals surface area (Å²) < 4.78 is 33.1. The van der Waals surface area contributed by atoms with E-state index in [1.165, 1.54) is 45.7 Å². The van der Waals surface area contributed by atoms with Gasteiger partial charge in [0, 0.05) is 48.4 Å². The van der Waals surface area contributed by atoms with Crippen LogP contribution in [-0.2, 0) is 24.4 Å². The lowest BCUT2D eigenvalue weighted by atomic mass is 9.85. The first-order valence-electron chi connectivity index (χ1n) is 17.6. The molecule has 7 rings (SSSR count). The van der Waals surface area contributed by atoms with Gasteiger partial charge in [0.25, 0.3) is 5.91 Å². The predicted molar refractivity (Wildman–Crippen MR) is 200 cm³/mol. The topological polar surface area (TPSA) is 203 Å². The Morgan fingerprint density at radius 1 is 1.07 bits per heavy atom. The van der Waals surface area contributed by atoms with Crippen molar-refractivity contribution < 1.29 is 27.5 Å². The van der Waals surface area contributed by atoms with Gasteiger partial charge in [-0.3, -0.25) is 24.1 Å². The molecule has 1 saturated heterocycles. The Morgan fingerprint density at radius 3 is 2.41 bits per heavy atom. The molecule has 2 saturated carbocycles. The number of amides is 3. The summed E-state index contributed by atoms with van der Waals surface area (Å²) in [7, 11) is -2.30. The molecule has 3 N–H and O–H groups in total. The number of rotatable bonds is 13. The van der Waals surface area contributed by atoms with Crippen molar-refractivity contribution >= 4 is 44.9 Å². The zero-order valence-corrected chi connectivity index (χ0v) is 31.9. The SMILES string of the molecule is C=C[C@@H]1C[C@@]1(NC(=O)[C@@H]1C[C@@H](n2nc(-c3ccc(OC)cc3)c(-c3nccs3)n2)CN1C(=O)[C@@H](Nc1cnccn1)C(C)(C)C)C(=O)NS(=O)(=O)C1CC1. The second kappa shape index (κ2) is 14.2. The molecular formula is C36H42N10O6S2. The second-order valence-electron chi connectivity index (χ2n) is 14.9. The van der Waals surface area contributed by atoms with Crippen LogP contribution in [0.4, 0.5) is 5.82 Å². The molecule has 0 spiro atoms. The molecule has 2 aliphatic carbocycles. The van der Waals surface area contributed by atoms with Gasteiger partial charge in [-0.25, -0.2) is 18.4 Å². The van der Waals surface area contributed by atoms with E-state index in [9.17, 15) is 22.8 Å². The number of nitrogens with zero attached hydrogens (tertiary/aromatic N) is 7. The monoisotopic (exact) mass is 774 g/mol. The van der Waals surface area contributed by atoms with Gasteiger partial charge in [0.2, 0.25) is 21.8 Å². The third-order valence-electron chi connectivity index (χ3n) is 10.0. The number of thiazole rings is 1. The minimum absolute atomic E-state index is 0.0554. The summed E-state index contributed by atoms with van der Waals surface area (Å²) in [5.74, 6) is -1.25. The van der Waals surface area contributed by atoms with E-state index in [1.807, 2.05) is 50.4 Å². The fraction of sp³-hybridized carbons (Fsp3) is 0.444. The van der Waals surface area contributed by atoms with Gasteiger partial charge in [0.05, 0.1) is 24.6 Å². The van der Waals surface area contributed by atoms with Crippen LogP contribution in [0.2, 0.25) is 0 Å². The Bertz CT molecular complexity index is 2150. The van der Waals surface area contributed by atoms with Gasteiger partial charge in [-0.05, 0) is 48.9 Å². The van der Waals surface area contributed by atoms with Crippen LogP contribution in [0.15, 0.2) is 67.1 Å². The highest BCUT2D eigenvalue weighted by Crippen LogP contribution is 2.46. The molecule has 284 valence electrons. The normalized spacial score (nSPS) is 23.0. The number of hydrogen-bond donors (Lipinski definition) is 3. The fourth-order valence-corrected chi connectivity index (χ4v) is 8.73. The predicted octanol–water partition coefficient (Wildman–Crippen LogP) is 3.21. The number of sulfonamides is 1. The number of carbonyl (C=O) groups is 3. The molecule has 5 atom stereocenters. The van der Waals surface area contributed by atoms with Gasteiger partial charge in [-0.1, -0.05) is 26.8 Å². The van der Waals surface area contributed by atoms with E-state index in [2.05, 4.69) is 36.9 Å². The Kier molecular flexibility index (Phi) is 9.76. The fourth-order valence-electron chi connectivity index (χ4n) is 6.74. The van der Waals surface area contributed by atoms with Crippen LogP contribution in [0, 0.1) is 11.3 Å². The van der Waals surface area contributed by atoms with Crippen LogP contribution in [0.3, 0.4) is 0 Å². The number of benzene rings is 1. The van der Waals surface area contributed by atoms with E-state index in [1.54, 1.807) is 13.3 Å². The lowest BCUT2D eigenvalue weighted by Crippen LogP contribution is -2.58. The van der Waals surface area contributed by atoms with Gasteiger partial charge in [0.15, 0.2) is 0 Å². The maximum atomic E-state index is 14.7. The molecule has 1 aliphatic heterocycles. The van der Waals surface area contributed by atoms with Crippen LogP contribution in [0.5, 0.6) is 5.75 Å². The third kappa shape index (κ3) is 7.31. The first kappa shape index (κ1) is 37.1. The van der Waals surface area contributed by atoms with Crippen LogP contribution in [-0.4, -0.2) is 97.5 Å². The average molecular weight is 775 g/mol. The minimum atomic E-state index is -3.89. The van der Waals surface area contributed by atoms with Crippen molar-refractivity contribution in [1.29, 1.82) is 0 Å². The summed E-state index contributed by atoms with van der Waals surface area (Å²) in [5.41, 5.74) is -0.309. The molecule has 0 bridgehead atoms. The van der Waals surface area contributed by atoms with E-state index >= 15 is 0 Å². The number of methoxy groups -OCH3 is 1. The van der Waals surface area contributed by atoms with Crippen LogP contribution < -0.4 is 20.1 Å². The van der Waals surface area contributed by atoms with Crippen molar-refractivity contribution in [2.45, 2.75) is 75.4 Å². The molecule has 3 aliphatic rings. The molecular weight excluding hydrogens is 733 g/mol. The third-order valence-corrected chi connectivity index (χ3v) is 12.6. The highest BCUT2D eigenvalue weighted by Gasteiger charge is 2.62. The molecule has 18 heteroatoms. The summed E-state index contributed by atoms with van der Waals surface area (Å²) in [6.45, 7) is 9.56. The molecule has 0 unspecified atom stereocenters. The molecule has 4 heterocycles. The van der Waals surface area contributed by atoms with Crippen LogP contribution in [0.1, 0.15) is 52.5 Å². The molecule has 16 nitrogen and oxygen atoms in total. The number of aromatic nitrogens is 6. The Balaban J connectivity index is 1.24. The maximum Gasteiger partial charge on any atom is 0.259 e. The summed E-state index contributed by atoms with van der Waals surface area (Å²) >= 11 is 1.41. The number of ether oxygens (including phenoxy) is 1. The maximum absolute atomic E-state index is 14.7. The van der Waals surface area contributed by atoms with E-state index in [0.717, 1.165) is 5.56 Å². The van der Waals surface area contributed by atoms with Crippen molar-refractivity contribution in [1.82, 2.24) is 44.9 Å². The lowest BCUT2D eigenvalue weighted by Gasteiger charge is -2.36. The Hall–Kier alpha value is -5.23. The van der Waals surface area contributed by atoms with Crippen molar-refractivity contribution in [3.63, 3.8) is 0 Å². The second-order valence-corrected chi connectivity index (χ2v) is 17.8. The molecule has 4 aromatic rings. The van der Waals surface area contributed by atoms with Crippen molar-refractivity contribution in [2.75, 3.05) is 19.0 Å². The number of hydrogen-bond acceptors (Lipinski definition) is 13. The first-order valence-corrected chi connectivity index (χ1v) is 20.0. The van der Waals surface area contributed by atoms with Gasteiger partial charge >= 0.3 is 0 Å². The molecule has 1 aromatic carbocycles. The largest absolute Gasteiger partial charge is 0.497 e. The molecule has 0 radical (unpaired) electrons. The Labute approximate surface area is 316 Å². The summed E-state index contributed by atoms with van der Waals surface area (Å²) in [6.07, 6.45) is 8.96. The number of likely N-dealkylation sites (tertiary alicyclic amines) is 1. The highest BCUT2D eigenvalue weighted by molar-refractivity contribution is 7.91. The van der Waals surface area contributed by atoms with E-state index in [4.69, 9.17) is 14.9 Å². The number of nitrogens with one attached hydrogen (secondary N) is 3. The quantitative estimate of drug-likeness (QED) is 0.168. The zero-order chi connectivity index (χ0) is 38.4. The lowest BCUT2D eigenvalue weighted by molar-refractivity contribution is -0.141. The first-order chi connectivity index (χ1) is 25.7. The van der Waals surface area contributed by atoms with E-state index < -0.39 is 62.1 Å². The smallest absolute Gasteiger partial charge is 0.259 e. The molecule has 3 fully saturated rings. The summed E-state index contributed by atoms with van der Waals surface area (Å²) in [6, 6.07) is 4.89. The van der Waals surface area contributed by atoms with Crippen molar-refractivity contribution in [3.05, 3.63) is 67.1 Å². The van der Waals surface area contributed by atoms with Gasteiger partial charge in [0.1, 0.15) is 45.6 Å². The highest BCUT2D eigenvalue weighted by atomic mass is 32.2. The molecule has 3 amide bonds. The van der Waals surface area contributed by atoms with E-state index in [-0.39, 0.29) is 25.3 Å². The molecule has 54 heavy (non-hydrogen) atoms. The Morgan fingerprint density at radius 2 is 1.81 bits per heavy atom.